The smallest absolute Gasteiger partial charge is 0.168 e. The Kier molecular flexibility index (Phi) is 6.90. The van der Waals surface area contributed by atoms with Gasteiger partial charge in [0, 0.05) is 19.3 Å². The number of ether oxygens (including phenoxy) is 1. The minimum atomic E-state index is -1.19. The van der Waals surface area contributed by atoms with E-state index >= 15 is 0 Å². The van der Waals surface area contributed by atoms with Gasteiger partial charge >= 0.3 is 0 Å². The van der Waals surface area contributed by atoms with E-state index in [9.17, 15) is 10.2 Å². The summed E-state index contributed by atoms with van der Waals surface area (Å²) >= 11 is 1.62. The molecule has 174 valence electrons. The zero-order valence-corrected chi connectivity index (χ0v) is 19.3. The van der Waals surface area contributed by atoms with Crippen molar-refractivity contribution in [3.05, 3.63) is 24.0 Å². The van der Waals surface area contributed by atoms with Gasteiger partial charge in [-0.05, 0) is 12.8 Å². The second-order valence-corrected chi connectivity index (χ2v) is 8.93. The first-order valence-corrected chi connectivity index (χ1v) is 11.6. The molecule has 1 fully saturated rings. The maximum absolute atomic E-state index is 10.8. The number of aliphatic hydroxyl groups is 2. The van der Waals surface area contributed by atoms with Gasteiger partial charge in [-0.2, -0.15) is 0 Å². The van der Waals surface area contributed by atoms with E-state index in [1.54, 1.807) is 34.4 Å². The van der Waals surface area contributed by atoms with Crippen molar-refractivity contribution in [2.75, 3.05) is 18.1 Å². The highest BCUT2D eigenvalue weighted by atomic mass is 32.2. The minimum Gasteiger partial charge on any atom is -0.387 e. The van der Waals surface area contributed by atoms with E-state index in [2.05, 4.69) is 49.2 Å². The summed E-state index contributed by atoms with van der Waals surface area (Å²) in [6.45, 7) is 7.36. The Labute approximate surface area is 189 Å². The first-order chi connectivity index (χ1) is 15.4. The van der Waals surface area contributed by atoms with Crippen LogP contribution < -0.4 is 10.0 Å². The molecule has 0 unspecified atom stereocenters. The molecular weight excluding hydrogens is 434 g/mol. The van der Waals surface area contributed by atoms with Crippen molar-refractivity contribution in [2.24, 2.45) is 5.92 Å². The first-order valence-electron chi connectivity index (χ1n) is 10.6. The molecule has 4 atom stereocenters. The van der Waals surface area contributed by atoms with Gasteiger partial charge in [0.25, 0.3) is 0 Å². The zero-order chi connectivity index (χ0) is 22.8. The van der Waals surface area contributed by atoms with Gasteiger partial charge in [0.1, 0.15) is 29.8 Å². The number of hydrogen-bond acceptors (Lipinski definition) is 11. The monoisotopic (exact) mass is 463 g/mol. The van der Waals surface area contributed by atoms with Gasteiger partial charge in [0.05, 0.1) is 19.1 Å². The predicted molar refractivity (Wildman–Crippen MR) is 120 cm³/mol. The van der Waals surface area contributed by atoms with Crippen molar-refractivity contribution in [1.82, 2.24) is 39.2 Å². The van der Waals surface area contributed by atoms with Gasteiger partial charge in [-0.3, -0.25) is 14.0 Å². The van der Waals surface area contributed by atoms with Gasteiger partial charge in [-0.25, -0.2) is 15.0 Å². The highest BCUT2D eigenvalue weighted by Gasteiger charge is 2.46. The zero-order valence-electron chi connectivity index (χ0n) is 18.5. The molecule has 0 aliphatic carbocycles. The fourth-order valence-electron chi connectivity index (χ4n) is 3.47. The Balaban J connectivity index is 1.61. The normalized spacial score (nSPS) is 23.5. The maximum atomic E-state index is 10.8. The first kappa shape index (κ1) is 22.9. The molecule has 0 bridgehead atoms. The number of nitrogens with zero attached hydrogens (tertiary/aromatic N) is 7. The number of hydrogen-bond donors (Lipinski definition) is 4. The quantitative estimate of drug-likeness (QED) is 0.264. The third-order valence-electron chi connectivity index (χ3n) is 5.14. The summed E-state index contributed by atoms with van der Waals surface area (Å²) in [6.07, 6.45) is -0.820. The van der Waals surface area contributed by atoms with Gasteiger partial charge in [-0.15, -0.1) is 5.10 Å². The van der Waals surface area contributed by atoms with E-state index < -0.39 is 24.5 Å². The average molecular weight is 464 g/mol. The van der Waals surface area contributed by atoms with Gasteiger partial charge in [0.2, 0.25) is 0 Å². The van der Waals surface area contributed by atoms with Crippen molar-refractivity contribution in [1.29, 1.82) is 0 Å². The highest BCUT2D eigenvalue weighted by molar-refractivity contribution is 7.97. The molecule has 0 amide bonds. The van der Waals surface area contributed by atoms with Gasteiger partial charge in [-0.1, -0.05) is 31.0 Å². The lowest BCUT2D eigenvalue weighted by Crippen LogP contribution is -2.29. The van der Waals surface area contributed by atoms with E-state index in [0.717, 1.165) is 5.75 Å². The van der Waals surface area contributed by atoms with E-state index in [4.69, 9.17) is 4.74 Å². The van der Waals surface area contributed by atoms with Crippen LogP contribution in [0.5, 0.6) is 0 Å². The summed E-state index contributed by atoms with van der Waals surface area (Å²) in [7, 11) is 1.77. The molecule has 0 spiro atoms. The molecule has 4 heterocycles. The fourth-order valence-corrected chi connectivity index (χ4v) is 4.16. The molecule has 12 nitrogen and oxygen atoms in total. The summed E-state index contributed by atoms with van der Waals surface area (Å²) in [6, 6.07) is 0. The SMILES string of the molecule is CCn1cc([C@H]2O[C@@H](n3cnc4c(NC)nc(CNSCC(C)C)nc43)[C@H](O)[C@@H]2O)nn1. The summed E-state index contributed by atoms with van der Waals surface area (Å²) in [5, 5.41) is 32.5. The molecule has 0 radical (unpaired) electrons. The van der Waals surface area contributed by atoms with Gasteiger partial charge < -0.3 is 20.3 Å². The maximum Gasteiger partial charge on any atom is 0.168 e. The Morgan fingerprint density at radius 1 is 1.25 bits per heavy atom. The summed E-state index contributed by atoms with van der Waals surface area (Å²) in [5.74, 6) is 2.71. The Bertz CT molecular complexity index is 1060. The number of anilines is 1. The molecule has 3 aromatic rings. The Morgan fingerprint density at radius 2 is 2.06 bits per heavy atom. The molecule has 4 rings (SSSR count). The van der Waals surface area contributed by atoms with Crippen LogP contribution in [0.2, 0.25) is 0 Å². The third-order valence-corrected chi connectivity index (χ3v) is 6.32. The largest absolute Gasteiger partial charge is 0.387 e. The molecule has 32 heavy (non-hydrogen) atoms. The van der Waals surface area contributed by atoms with Crippen LogP contribution >= 0.6 is 11.9 Å². The van der Waals surface area contributed by atoms with Crippen molar-refractivity contribution in [3.63, 3.8) is 0 Å². The molecule has 0 saturated carbocycles. The average Bonchev–Trinajstić information content (AvgIpc) is 3.49. The Morgan fingerprint density at radius 3 is 2.75 bits per heavy atom. The second kappa shape index (κ2) is 9.67. The van der Waals surface area contributed by atoms with Crippen LogP contribution in [0.15, 0.2) is 12.5 Å². The number of nitrogens with one attached hydrogen (secondary N) is 2. The lowest BCUT2D eigenvalue weighted by Gasteiger charge is -2.17. The second-order valence-electron chi connectivity index (χ2n) is 8.02. The van der Waals surface area contributed by atoms with Crippen molar-refractivity contribution in [2.45, 2.75) is 58.4 Å². The van der Waals surface area contributed by atoms with E-state index in [-0.39, 0.29) is 0 Å². The molecule has 1 aliphatic heterocycles. The van der Waals surface area contributed by atoms with Gasteiger partial charge in [0.15, 0.2) is 23.2 Å². The topological polar surface area (TPSA) is 148 Å². The molecule has 3 aromatic heterocycles. The van der Waals surface area contributed by atoms with Crippen LogP contribution in [-0.2, 0) is 17.8 Å². The molecular formula is C19H29N9O3S. The van der Waals surface area contributed by atoms with Crippen LogP contribution in [0, 0.1) is 5.92 Å². The number of rotatable bonds is 9. The lowest BCUT2D eigenvalue weighted by molar-refractivity contribution is -0.0370. The predicted octanol–water partition coefficient (Wildman–Crippen LogP) is 0.865. The summed E-state index contributed by atoms with van der Waals surface area (Å²) in [4.78, 5) is 13.6. The van der Waals surface area contributed by atoms with Crippen molar-refractivity contribution < 1.29 is 14.9 Å². The molecule has 4 N–H and O–H groups in total. The third kappa shape index (κ3) is 4.43. The lowest BCUT2D eigenvalue weighted by atomic mass is 10.1. The number of imidazole rings is 1. The summed E-state index contributed by atoms with van der Waals surface area (Å²) in [5.41, 5.74) is 1.52. The van der Waals surface area contributed by atoms with Crippen LogP contribution in [0.1, 0.15) is 44.6 Å². The molecule has 13 heteroatoms. The standard InChI is InChI=1S/C19H29N9O3S/c1-5-27-7-11(25-26-27)16-14(29)15(30)19(31-16)28-9-21-13-17(20-4)23-12(24-18(13)28)6-22-32-8-10(2)3/h7,9-10,14-16,19,22,29-30H,5-6,8H2,1-4H3,(H,20,23,24)/t14-,15+,16+,19+/m0/s1. The molecule has 1 aliphatic rings. The number of aryl methyl sites for hydroxylation is 1. The minimum absolute atomic E-state index is 0.461. The highest BCUT2D eigenvalue weighted by Crippen LogP contribution is 2.39. The number of aromatic nitrogens is 7. The van der Waals surface area contributed by atoms with E-state index in [0.29, 0.717) is 47.5 Å². The molecule has 0 aromatic carbocycles. The van der Waals surface area contributed by atoms with E-state index in [1.807, 2.05) is 6.92 Å². The summed E-state index contributed by atoms with van der Waals surface area (Å²) < 4.78 is 12.6. The van der Waals surface area contributed by atoms with Crippen LogP contribution in [0.25, 0.3) is 11.2 Å². The van der Waals surface area contributed by atoms with Crippen molar-refractivity contribution >= 4 is 28.9 Å². The van der Waals surface area contributed by atoms with Crippen molar-refractivity contribution in [3.8, 4) is 0 Å². The van der Waals surface area contributed by atoms with Crippen LogP contribution in [0.4, 0.5) is 5.82 Å². The number of aliphatic hydroxyl groups excluding tert-OH is 2. The van der Waals surface area contributed by atoms with Crippen LogP contribution in [-0.4, -0.2) is 69.7 Å². The fraction of sp³-hybridized carbons (Fsp3) is 0.632. The van der Waals surface area contributed by atoms with Crippen LogP contribution in [0.3, 0.4) is 0 Å². The van der Waals surface area contributed by atoms with E-state index in [1.165, 1.54) is 6.33 Å². The Hall–Kier alpha value is -2.32. The number of fused-ring (bicyclic) bond motifs is 1. The molecule has 1 saturated heterocycles.